The summed E-state index contributed by atoms with van der Waals surface area (Å²) in [5.74, 6) is 0.398. The van der Waals surface area contributed by atoms with Crippen molar-refractivity contribution in [3.05, 3.63) is 95.1 Å². The lowest BCUT2D eigenvalue weighted by Gasteiger charge is -2.09. The largest absolute Gasteiger partial charge is 0.489 e. The van der Waals surface area contributed by atoms with Crippen molar-refractivity contribution in [2.75, 3.05) is 0 Å². The summed E-state index contributed by atoms with van der Waals surface area (Å²) in [5.41, 5.74) is 13.3. The van der Waals surface area contributed by atoms with Gasteiger partial charge in [0.05, 0.1) is 0 Å². The Balaban J connectivity index is 1.50. The Morgan fingerprint density at radius 3 is 1.18 bits per heavy atom. The van der Waals surface area contributed by atoms with E-state index in [-0.39, 0.29) is 0 Å². The predicted octanol–water partition coefficient (Wildman–Crippen LogP) is 3.04. The molecule has 0 aliphatic rings. The van der Waals surface area contributed by atoms with Crippen LogP contribution >= 0.6 is 0 Å². The van der Waals surface area contributed by atoms with Crippen LogP contribution in [0.2, 0.25) is 0 Å². The molecule has 0 spiro atoms. The molecule has 3 aromatic rings. The van der Waals surface area contributed by atoms with E-state index in [1.807, 2.05) is 24.3 Å². The molecule has 3 aromatic carbocycles. The quantitative estimate of drug-likeness (QED) is 0.630. The van der Waals surface area contributed by atoms with Gasteiger partial charge in [-0.15, -0.1) is 0 Å². The van der Waals surface area contributed by atoms with Crippen LogP contribution in [0.15, 0.2) is 72.8 Å². The normalized spacial score (nSPS) is 10.3. The van der Waals surface area contributed by atoms with E-state index < -0.39 is 11.8 Å². The molecule has 0 aliphatic carbocycles. The molecule has 0 aliphatic heterocycles. The Bertz CT molecular complexity index is 869. The maximum absolute atomic E-state index is 11.1. The summed E-state index contributed by atoms with van der Waals surface area (Å²) < 4.78 is 11.4. The van der Waals surface area contributed by atoms with Gasteiger partial charge in [0.1, 0.15) is 24.7 Å². The van der Waals surface area contributed by atoms with Gasteiger partial charge < -0.3 is 20.9 Å². The fourth-order valence-electron chi connectivity index (χ4n) is 2.50. The number of carbonyl (C=O) groups is 2. The molecule has 2 amide bonds. The summed E-state index contributed by atoms with van der Waals surface area (Å²) in [6.45, 7) is 0.817. The van der Waals surface area contributed by atoms with E-state index in [1.54, 1.807) is 48.5 Å². The zero-order valence-electron chi connectivity index (χ0n) is 15.1. The first-order valence-electron chi connectivity index (χ1n) is 8.64. The smallest absolute Gasteiger partial charge is 0.248 e. The first-order chi connectivity index (χ1) is 13.5. The molecule has 0 heterocycles. The lowest BCUT2D eigenvalue weighted by atomic mass is 10.1. The van der Waals surface area contributed by atoms with Gasteiger partial charge in [-0.1, -0.05) is 24.3 Å². The molecule has 6 nitrogen and oxygen atoms in total. The Hall–Kier alpha value is -3.80. The number of hydrogen-bond acceptors (Lipinski definition) is 4. The van der Waals surface area contributed by atoms with Crippen LogP contribution in [-0.4, -0.2) is 11.8 Å². The highest BCUT2D eigenvalue weighted by atomic mass is 16.5. The minimum atomic E-state index is -0.465. The van der Waals surface area contributed by atoms with E-state index in [0.717, 1.165) is 11.1 Å². The maximum atomic E-state index is 11.1. The number of hydrogen-bond donors (Lipinski definition) is 2. The minimum Gasteiger partial charge on any atom is -0.489 e. The number of ether oxygens (including phenoxy) is 2. The van der Waals surface area contributed by atoms with Gasteiger partial charge in [-0.2, -0.15) is 0 Å². The van der Waals surface area contributed by atoms with E-state index in [0.29, 0.717) is 35.8 Å². The molecule has 4 N–H and O–H groups in total. The molecule has 0 saturated heterocycles. The van der Waals surface area contributed by atoms with E-state index in [2.05, 4.69) is 0 Å². The molecule has 28 heavy (non-hydrogen) atoms. The Kier molecular flexibility index (Phi) is 5.91. The number of amides is 2. The molecule has 0 aromatic heterocycles. The van der Waals surface area contributed by atoms with Crippen molar-refractivity contribution in [1.82, 2.24) is 0 Å². The zero-order chi connectivity index (χ0) is 19.9. The maximum Gasteiger partial charge on any atom is 0.248 e. The molecular formula is C22H20N2O4. The Morgan fingerprint density at radius 2 is 0.893 bits per heavy atom. The monoisotopic (exact) mass is 376 g/mol. The Labute approximate surface area is 162 Å². The fraction of sp³-hybridized carbons (Fsp3) is 0.0909. The van der Waals surface area contributed by atoms with Crippen molar-refractivity contribution in [2.45, 2.75) is 13.2 Å². The first kappa shape index (κ1) is 19.0. The van der Waals surface area contributed by atoms with Crippen LogP contribution in [0.1, 0.15) is 31.8 Å². The lowest BCUT2D eigenvalue weighted by Crippen LogP contribution is -2.10. The molecule has 0 radical (unpaired) electrons. The highest BCUT2D eigenvalue weighted by Gasteiger charge is 2.03. The van der Waals surface area contributed by atoms with Crippen LogP contribution in [0.5, 0.6) is 11.5 Å². The van der Waals surface area contributed by atoms with Crippen LogP contribution < -0.4 is 20.9 Å². The average molecular weight is 376 g/mol. The SMILES string of the molecule is NC(=O)c1ccc(OCc2ccc(COc3ccc(C(N)=O)cc3)cc2)cc1. The minimum absolute atomic E-state index is 0.408. The van der Waals surface area contributed by atoms with Crippen LogP contribution in [0.3, 0.4) is 0 Å². The third kappa shape index (κ3) is 5.11. The van der Waals surface area contributed by atoms with Crippen molar-refractivity contribution < 1.29 is 19.1 Å². The number of primary amides is 2. The highest BCUT2D eigenvalue weighted by Crippen LogP contribution is 2.16. The van der Waals surface area contributed by atoms with Gasteiger partial charge in [-0.25, -0.2) is 0 Å². The number of rotatable bonds is 8. The first-order valence-corrected chi connectivity index (χ1v) is 8.64. The topological polar surface area (TPSA) is 105 Å². The average Bonchev–Trinajstić information content (AvgIpc) is 2.72. The summed E-state index contributed by atoms with van der Waals surface area (Å²) in [5, 5.41) is 0. The summed E-state index contributed by atoms with van der Waals surface area (Å²) in [6, 6.07) is 21.2. The van der Waals surface area contributed by atoms with Gasteiger partial charge in [0.25, 0.3) is 0 Å². The molecule has 0 bridgehead atoms. The van der Waals surface area contributed by atoms with Crippen LogP contribution in [0, 0.1) is 0 Å². The van der Waals surface area contributed by atoms with E-state index in [1.165, 1.54) is 0 Å². The van der Waals surface area contributed by atoms with Crippen molar-refractivity contribution in [3.8, 4) is 11.5 Å². The van der Waals surface area contributed by atoms with Crippen molar-refractivity contribution in [1.29, 1.82) is 0 Å². The van der Waals surface area contributed by atoms with E-state index in [4.69, 9.17) is 20.9 Å². The van der Waals surface area contributed by atoms with Crippen molar-refractivity contribution in [3.63, 3.8) is 0 Å². The molecule has 0 unspecified atom stereocenters. The molecule has 142 valence electrons. The second-order valence-corrected chi connectivity index (χ2v) is 6.17. The second kappa shape index (κ2) is 8.73. The van der Waals surface area contributed by atoms with Crippen molar-refractivity contribution >= 4 is 11.8 Å². The molecule has 0 atom stereocenters. The summed E-state index contributed by atoms with van der Waals surface area (Å²) in [6.07, 6.45) is 0. The van der Waals surface area contributed by atoms with Gasteiger partial charge in [0.2, 0.25) is 11.8 Å². The van der Waals surface area contributed by atoms with E-state index >= 15 is 0 Å². The molecule has 0 saturated carbocycles. The summed E-state index contributed by atoms with van der Waals surface area (Å²) in [4.78, 5) is 22.1. The van der Waals surface area contributed by atoms with Gasteiger partial charge >= 0.3 is 0 Å². The molecular weight excluding hydrogens is 356 g/mol. The molecule has 3 rings (SSSR count). The molecule has 0 fully saturated rings. The summed E-state index contributed by atoms with van der Waals surface area (Å²) >= 11 is 0. The fourth-order valence-corrected chi connectivity index (χ4v) is 2.50. The number of carbonyl (C=O) groups excluding carboxylic acids is 2. The number of benzene rings is 3. The number of nitrogens with two attached hydrogens (primary N) is 2. The van der Waals surface area contributed by atoms with Gasteiger partial charge in [-0.05, 0) is 59.7 Å². The predicted molar refractivity (Wildman–Crippen MR) is 105 cm³/mol. The standard InChI is InChI=1S/C22H20N2O4/c23-21(25)17-5-9-19(10-6-17)27-13-15-1-2-16(4-3-15)14-28-20-11-7-18(8-12-20)22(24)26/h1-12H,13-14H2,(H2,23,25)(H2,24,26). The third-order valence-corrected chi connectivity index (χ3v) is 4.11. The zero-order valence-corrected chi connectivity index (χ0v) is 15.1. The van der Waals surface area contributed by atoms with Crippen LogP contribution in [0.25, 0.3) is 0 Å². The van der Waals surface area contributed by atoms with Crippen LogP contribution in [0.4, 0.5) is 0 Å². The van der Waals surface area contributed by atoms with Gasteiger partial charge in [0.15, 0.2) is 0 Å². The Morgan fingerprint density at radius 1 is 0.571 bits per heavy atom. The highest BCUT2D eigenvalue weighted by molar-refractivity contribution is 5.93. The van der Waals surface area contributed by atoms with Gasteiger partial charge in [-0.3, -0.25) is 9.59 Å². The van der Waals surface area contributed by atoms with E-state index in [9.17, 15) is 9.59 Å². The van der Waals surface area contributed by atoms with Crippen molar-refractivity contribution in [2.24, 2.45) is 11.5 Å². The second-order valence-electron chi connectivity index (χ2n) is 6.17. The molecule has 6 heteroatoms. The third-order valence-electron chi connectivity index (χ3n) is 4.11. The van der Waals surface area contributed by atoms with Gasteiger partial charge in [0, 0.05) is 11.1 Å². The van der Waals surface area contributed by atoms with Crippen LogP contribution in [-0.2, 0) is 13.2 Å². The lowest BCUT2D eigenvalue weighted by molar-refractivity contribution is 0.0991. The summed E-state index contributed by atoms with van der Waals surface area (Å²) in [7, 11) is 0.